The van der Waals surface area contributed by atoms with Gasteiger partial charge in [0, 0.05) is 10.1 Å². The molecule has 4 atom stereocenters. The zero-order chi connectivity index (χ0) is 41.8. The van der Waals surface area contributed by atoms with E-state index in [1.165, 1.54) is 4.80 Å². The Kier molecular flexibility index (Phi) is 11.5. The Labute approximate surface area is 338 Å². The van der Waals surface area contributed by atoms with Crippen LogP contribution in [0.15, 0.2) is 36.7 Å². The van der Waals surface area contributed by atoms with Crippen LogP contribution < -0.4 is 5.32 Å². The first-order chi connectivity index (χ1) is 26.4. The lowest BCUT2D eigenvalue weighted by atomic mass is 9.98. The number of hydrogen-bond acceptors (Lipinski definition) is 13. The number of esters is 1. The summed E-state index contributed by atoms with van der Waals surface area (Å²) >= 11 is 0. The second-order valence-corrected chi connectivity index (χ2v) is 29.2. The molecule has 1 aromatic carbocycles. The van der Waals surface area contributed by atoms with Crippen LogP contribution in [0, 0.1) is 5.41 Å². The highest BCUT2D eigenvalue weighted by Crippen LogP contribution is 2.57. The molecular formula is C40H61N9O6Si2. The van der Waals surface area contributed by atoms with Crippen LogP contribution in [-0.2, 0) is 40.8 Å². The molecule has 17 heteroatoms. The fourth-order valence-electron chi connectivity index (χ4n) is 7.22. The molecule has 2 aliphatic rings. The number of rotatable bonds is 10. The maximum absolute atomic E-state index is 12.4. The van der Waals surface area contributed by atoms with Crippen molar-refractivity contribution in [2.45, 2.75) is 149 Å². The third kappa shape index (κ3) is 8.64. The van der Waals surface area contributed by atoms with Crippen molar-refractivity contribution in [2.24, 2.45) is 5.41 Å². The molecule has 5 heterocycles. The average molecular weight is 820 g/mol. The molecule has 2 saturated heterocycles. The fourth-order valence-corrected chi connectivity index (χ4v) is 13.5. The van der Waals surface area contributed by atoms with Crippen LogP contribution in [0.5, 0.6) is 0 Å². The van der Waals surface area contributed by atoms with Crippen molar-refractivity contribution < 1.29 is 27.5 Å². The quantitative estimate of drug-likeness (QED) is 0.122. The SMILES string of the molecule is CC(C)(C)C(=O)OCn1nnc(CNc2nc3c(C=Cc4ccccc4)ncnc3n2[C@@H]2O[C@@H]3CO[Si](C(C)(C)C)(C(C)(C)C)O[C@H]3[C@H]2O[Si](C)(C)C(C)(C)C)n1. The Morgan fingerprint density at radius 3 is 2.30 bits per heavy atom. The molecule has 0 aliphatic carbocycles. The number of fused-ring (bicyclic) bond motifs is 2. The summed E-state index contributed by atoms with van der Waals surface area (Å²) < 4.78 is 36.1. The van der Waals surface area contributed by atoms with Gasteiger partial charge in [-0.05, 0) is 55.8 Å². The number of ether oxygens (including phenoxy) is 2. The summed E-state index contributed by atoms with van der Waals surface area (Å²) in [4.78, 5) is 28.2. The smallest absolute Gasteiger partial charge is 0.349 e. The molecule has 6 rings (SSSR count). The lowest BCUT2D eigenvalue weighted by molar-refractivity contribution is -0.157. The van der Waals surface area contributed by atoms with Gasteiger partial charge >= 0.3 is 14.5 Å². The number of nitrogens with zero attached hydrogens (tertiary/aromatic N) is 8. The highest BCUT2D eigenvalue weighted by Gasteiger charge is 2.66. The van der Waals surface area contributed by atoms with E-state index >= 15 is 0 Å². The molecule has 1 N–H and O–H groups in total. The van der Waals surface area contributed by atoms with Crippen molar-refractivity contribution in [3.63, 3.8) is 0 Å². The Bertz CT molecular complexity index is 2060. The normalized spacial score (nSPS) is 21.9. The summed E-state index contributed by atoms with van der Waals surface area (Å²) in [5.74, 6) is 0.463. The van der Waals surface area contributed by atoms with Crippen LogP contribution >= 0.6 is 0 Å². The van der Waals surface area contributed by atoms with E-state index in [1.807, 2.05) is 47.1 Å². The molecule has 0 unspecified atom stereocenters. The third-order valence-electron chi connectivity index (χ3n) is 11.1. The number of aromatic nitrogens is 8. The molecule has 310 valence electrons. The van der Waals surface area contributed by atoms with Crippen LogP contribution in [0.25, 0.3) is 23.3 Å². The lowest BCUT2D eigenvalue weighted by Gasteiger charge is -2.54. The fraction of sp³-hybridized carbons (Fsp3) is 0.625. The predicted molar refractivity (Wildman–Crippen MR) is 223 cm³/mol. The molecule has 4 aromatic rings. The molecular weight excluding hydrogens is 759 g/mol. The van der Waals surface area contributed by atoms with E-state index in [1.54, 1.807) is 27.1 Å². The van der Waals surface area contributed by atoms with Gasteiger partial charge in [0.05, 0.1) is 24.3 Å². The largest absolute Gasteiger partial charge is 0.440 e. The Balaban J connectivity index is 1.43. The van der Waals surface area contributed by atoms with E-state index in [4.69, 9.17) is 32.7 Å². The molecule has 0 bridgehead atoms. The zero-order valence-corrected chi connectivity index (χ0v) is 38.1. The highest BCUT2D eigenvalue weighted by atomic mass is 28.4. The topological polar surface area (TPSA) is 162 Å². The molecule has 0 spiro atoms. The molecule has 0 saturated carbocycles. The van der Waals surface area contributed by atoms with Crippen LogP contribution in [0.1, 0.15) is 106 Å². The molecule has 3 aromatic heterocycles. The van der Waals surface area contributed by atoms with Gasteiger partial charge in [0.2, 0.25) is 12.7 Å². The van der Waals surface area contributed by atoms with E-state index < -0.39 is 46.8 Å². The van der Waals surface area contributed by atoms with Crippen molar-refractivity contribution in [3.05, 3.63) is 53.7 Å². The van der Waals surface area contributed by atoms with E-state index in [9.17, 15) is 4.79 Å². The van der Waals surface area contributed by atoms with E-state index in [2.05, 4.69) is 101 Å². The first-order valence-electron chi connectivity index (χ1n) is 19.7. The van der Waals surface area contributed by atoms with Gasteiger partial charge in [0.15, 0.2) is 26.0 Å². The van der Waals surface area contributed by atoms with Crippen LogP contribution in [0.3, 0.4) is 0 Å². The molecule has 2 fully saturated rings. The van der Waals surface area contributed by atoms with Crippen molar-refractivity contribution in [1.82, 2.24) is 39.7 Å². The van der Waals surface area contributed by atoms with Gasteiger partial charge in [-0.25, -0.2) is 15.0 Å². The van der Waals surface area contributed by atoms with Gasteiger partial charge in [-0.2, -0.15) is 0 Å². The average Bonchev–Trinajstić information content (AvgIpc) is 3.82. The molecule has 2 aliphatic heterocycles. The number of tetrazole rings is 1. The van der Waals surface area contributed by atoms with Crippen LogP contribution in [0.2, 0.25) is 28.2 Å². The highest BCUT2D eigenvalue weighted by molar-refractivity contribution is 6.74. The Hall–Kier alpha value is -3.88. The number of nitrogens with one attached hydrogen (secondary N) is 1. The van der Waals surface area contributed by atoms with Gasteiger partial charge in [-0.15, -0.1) is 15.0 Å². The predicted octanol–water partition coefficient (Wildman–Crippen LogP) is 7.89. The van der Waals surface area contributed by atoms with Crippen LogP contribution in [0.4, 0.5) is 5.95 Å². The number of carbonyl (C=O) groups is 1. The molecule has 0 amide bonds. The van der Waals surface area contributed by atoms with Crippen molar-refractivity contribution in [1.29, 1.82) is 0 Å². The maximum atomic E-state index is 12.4. The maximum Gasteiger partial charge on any atom is 0.349 e. The van der Waals surface area contributed by atoms with Crippen molar-refractivity contribution in [3.8, 4) is 0 Å². The minimum Gasteiger partial charge on any atom is -0.440 e. The van der Waals surface area contributed by atoms with Crippen LogP contribution in [-0.4, -0.2) is 87.5 Å². The van der Waals surface area contributed by atoms with Gasteiger partial charge in [0.25, 0.3) is 0 Å². The first kappa shape index (κ1) is 42.7. The summed E-state index contributed by atoms with van der Waals surface area (Å²) in [6.07, 6.45) is 3.45. The van der Waals surface area contributed by atoms with Gasteiger partial charge in [-0.3, -0.25) is 9.36 Å². The van der Waals surface area contributed by atoms with E-state index in [-0.39, 0.29) is 34.4 Å². The summed E-state index contributed by atoms with van der Waals surface area (Å²) in [7, 11) is -5.36. The number of carbonyl (C=O) groups excluding carboxylic acids is 1. The third-order valence-corrected chi connectivity index (χ3v) is 20.7. The second-order valence-electron chi connectivity index (χ2n) is 19.6. The number of anilines is 1. The summed E-state index contributed by atoms with van der Waals surface area (Å²) in [6, 6.07) is 10.0. The molecule has 15 nitrogen and oxygen atoms in total. The zero-order valence-electron chi connectivity index (χ0n) is 36.1. The van der Waals surface area contributed by atoms with Gasteiger partial charge < -0.3 is 28.1 Å². The summed E-state index contributed by atoms with van der Waals surface area (Å²) in [5, 5.41) is 15.6. The lowest BCUT2D eigenvalue weighted by Crippen LogP contribution is -2.66. The van der Waals surface area contributed by atoms with E-state index in [0.717, 1.165) is 5.56 Å². The summed E-state index contributed by atoms with van der Waals surface area (Å²) in [6.45, 7) is 30.2. The summed E-state index contributed by atoms with van der Waals surface area (Å²) in [5.41, 5.74) is 2.15. The van der Waals surface area contributed by atoms with E-state index in [0.29, 0.717) is 35.2 Å². The monoisotopic (exact) mass is 819 g/mol. The molecule has 57 heavy (non-hydrogen) atoms. The minimum atomic E-state index is -2.93. The van der Waals surface area contributed by atoms with Gasteiger partial charge in [-0.1, -0.05) is 98.7 Å². The number of imidazole rings is 1. The molecule has 0 radical (unpaired) electrons. The number of benzene rings is 1. The second kappa shape index (κ2) is 15.4. The Morgan fingerprint density at radius 2 is 1.67 bits per heavy atom. The Morgan fingerprint density at radius 1 is 0.982 bits per heavy atom. The minimum absolute atomic E-state index is 0.0995. The van der Waals surface area contributed by atoms with Crippen molar-refractivity contribution in [2.75, 3.05) is 11.9 Å². The van der Waals surface area contributed by atoms with Gasteiger partial charge in [0.1, 0.15) is 30.2 Å². The first-order valence-corrected chi connectivity index (χ1v) is 24.4. The van der Waals surface area contributed by atoms with Crippen molar-refractivity contribution >= 4 is 52.1 Å². The number of hydrogen-bond donors (Lipinski definition) is 1. The standard InChI is InChI=1S/C40H61N9O6Si2/c1-37(2,3)35(50)51-25-48-46-29(45-47-48)22-41-36-44-30-27(21-20-26-18-16-15-17-19-26)42-24-43-33(30)49(36)34-32(54-56(13,14)38(4,5)6)31-28(53-34)23-52-57(55-31,39(7,8)9)40(10,11)12/h15-21,24,28,31-32,34H,22-23,25H2,1-14H3,(H,41,44)/t28-,31-,32-,34-/m1/s1.